The van der Waals surface area contributed by atoms with Crippen molar-refractivity contribution in [3.05, 3.63) is 66.0 Å². The molecule has 0 fully saturated rings. The van der Waals surface area contributed by atoms with Crippen LogP contribution in [-0.4, -0.2) is 36.6 Å². The van der Waals surface area contributed by atoms with Crippen LogP contribution in [0, 0.1) is 0 Å². The topological polar surface area (TPSA) is 42.4 Å². The summed E-state index contributed by atoms with van der Waals surface area (Å²) in [5.41, 5.74) is 1.77. The molecular weight excluding hydrogens is 300 g/mol. The Morgan fingerprint density at radius 2 is 1.83 bits per heavy atom. The van der Waals surface area contributed by atoms with E-state index in [9.17, 15) is 4.79 Å². The van der Waals surface area contributed by atoms with E-state index in [-0.39, 0.29) is 17.4 Å². The fourth-order valence-corrected chi connectivity index (χ4v) is 2.79. The van der Waals surface area contributed by atoms with Crippen LogP contribution < -0.4 is 0 Å². The van der Waals surface area contributed by atoms with E-state index in [0.29, 0.717) is 13.0 Å². The molecule has 2 rings (SSSR count). The van der Waals surface area contributed by atoms with E-state index in [0.717, 1.165) is 11.3 Å². The molecule has 0 aliphatic rings. The molecule has 0 bridgehead atoms. The van der Waals surface area contributed by atoms with Crippen molar-refractivity contribution in [3.8, 4) is 0 Å². The van der Waals surface area contributed by atoms with E-state index >= 15 is 0 Å². The molecule has 1 aromatic carbocycles. The van der Waals surface area contributed by atoms with Crippen LogP contribution in [0.5, 0.6) is 0 Å². The van der Waals surface area contributed by atoms with Gasteiger partial charge in [-0.05, 0) is 23.1 Å². The van der Waals surface area contributed by atoms with Gasteiger partial charge in [-0.1, -0.05) is 50.2 Å². The number of carbonyl (C=O) groups is 1. The van der Waals surface area contributed by atoms with Gasteiger partial charge in [0, 0.05) is 26.8 Å². The van der Waals surface area contributed by atoms with Gasteiger partial charge in [-0.15, -0.1) is 0 Å². The molecule has 1 atom stereocenters. The summed E-state index contributed by atoms with van der Waals surface area (Å²) >= 11 is 0. The standard InChI is InChI=1S/C20H26N2O2/c1-20(2,16-10-6-5-7-11-16)14-19(23)22(3)18(15-24-4)17-12-8-9-13-21-17/h5-13,18H,14-15H2,1-4H3. The number of likely N-dealkylation sites (N-methyl/N-ethyl adjacent to an activating group) is 1. The fraction of sp³-hybridized carbons (Fsp3) is 0.400. The first-order valence-corrected chi connectivity index (χ1v) is 8.17. The largest absolute Gasteiger partial charge is 0.382 e. The third-order valence-corrected chi connectivity index (χ3v) is 4.36. The van der Waals surface area contributed by atoms with Gasteiger partial charge in [0.15, 0.2) is 0 Å². The molecule has 1 aromatic heterocycles. The minimum atomic E-state index is -0.228. The number of methoxy groups -OCH3 is 1. The van der Waals surface area contributed by atoms with Crippen LogP contribution in [0.2, 0.25) is 0 Å². The smallest absolute Gasteiger partial charge is 0.223 e. The SMILES string of the molecule is COCC(c1ccccn1)N(C)C(=O)CC(C)(C)c1ccccc1. The number of pyridine rings is 1. The summed E-state index contributed by atoms with van der Waals surface area (Å²) in [6, 6.07) is 15.7. The molecule has 24 heavy (non-hydrogen) atoms. The predicted octanol–water partition coefficient (Wildman–Crippen LogP) is 3.60. The number of rotatable bonds is 7. The Morgan fingerprint density at radius 1 is 1.17 bits per heavy atom. The number of hydrogen-bond donors (Lipinski definition) is 0. The monoisotopic (exact) mass is 326 g/mol. The fourth-order valence-electron chi connectivity index (χ4n) is 2.79. The number of aromatic nitrogens is 1. The van der Waals surface area contributed by atoms with Gasteiger partial charge in [0.1, 0.15) is 0 Å². The number of hydrogen-bond acceptors (Lipinski definition) is 3. The quantitative estimate of drug-likeness (QED) is 0.781. The van der Waals surface area contributed by atoms with E-state index in [2.05, 4.69) is 31.0 Å². The van der Waals surface area contributed by atoms with E-state index in [4.69, 9.17) is 4.74 Å². The third-order valence-electron chi connectivity index (χ3n) is 4.36. The molecule has 2 aromatic rings. The molecule has 4 heteroatoms. The summed E-state index contributed by atoms with van der Waals surface area (Å²) in [6.45, 7) is 4.62. The number of benzene rings is 1. The summed E-state index contributed by atoms with van der Waals surface area (Å²) in [5.74, 6) is 0.0801. The zero-order chi connectivity index (χ0) is 17.6. The molecule has 0 saturated heterocycles. The highest BCUT2D eigenvalue weighted by Crippen LogP contribution is 2.29. The molecule has 0 aliphatic carbocycles. The van der Waals surface area contributed by atoms with E-state index in [1.165, 1.54) is 0 Å². The molecule has 0 spiro atoms. The Morgan fingerprint density at radius 3 is 2.42 bits per heavy atom. The Kier molecular flexibility index (Phi) is 6.10. The molecule has 1 amide bonds. The molecule has 0 aliphatic heterocycles. The van der Waals surface area contributed by atoms with E-state index in [1.54, 1.807) is 18.2 Å². The van der Waals surface area contributed by atoms with Crippen molar-refractivity contribution < 1.29 is 9.53 Å². The Labute approximate surface area is 144 Å². The maximum absolute atomic E-state index is 12.9. The van der Waals surface area contributed by atoms with Gasteiger partial charge in [0.2, 0.25) is 5.91 Å². The first kappa shape index (κ1) is 18.1. The first-order chi connectivity index (χ1) is 11.5. The van der Waals surface area contributed by atoms with Gasteiger partial charge in [-0.25, -0.2) is 0 Å². The van der Waals surface area contributed by atoms with Gasteiger partial charge in [0.25, 0.3) is 0 Å². The van der Waals surface area contributed by atoms with Crippen LogP contribution in [0.25, 0.3) is 0 Å². The Hall–Kier alpha value is -2.20. The van der Waals surface area contributed by atoms with Crippen molar-refractivity contribution in [2.24, 2.45) is 0 Å². The minimum Gasteiger partial charge on any atom is -0.382 e. The second kappa shape index (κ2) is 8.06. The number of ether oxygens (including phenoxy) is 1. The highest BCUT2D eigenvalue weighted by molar-refractivity contribution is 5.78. The molecule has 4 nitrogen and oxygen atoms in total. The zero-order valence-corrected chi connectivity index (χ0v) is 14.9. The predicted molar refractivity (Wildman–Crippen MR) is 95.7 cm³/mol. The van der Waals surface area contributed by atoms with Gasteiger partial charge in [0.05, 0.1) is 18.3 Å². The number of carbonyl (C=O) groups excluding carboxylic acids is 1. The van der Waals surface area contributed by atoms with Crippen molar-refractivity contribution in [2.75, 3.05) is 20.8 Å². The van der Waals surface area contributed by atoms with Crippen molar-refractivity contribution in [2.45, 2.75) is 31.7 Å². The maximum Gasteiger partial charge on any atom is 0.223 e. The highest BCUT2D eigenvalue weighted by Gasteiger charge is 2.29. The lowest BCUT2D eigenvalue weighted by atomic mass is 9.81. The summed E-state index contributed by atoms with van der Waals surface area (Å²) in [5, 5.41) is 0. The number of amides is 1. The average Bonchev–Trinajstić information content (AvgIpc) is 2.60. The molecule has 0 saturated carbocycles. The Bertz CT molecular complexity index is 641. The number of nitrogens with zero attached hydrogens (tertiary/aromatic N) is 2. The molecule has 0 N–H and O–H groups in total. The second-order valence-electron chi connectivity index (χ2n) is 6.66. The summed E-state index contributed by atoms with van der Waals surface area (Å²) in [4.78, 5) is 19.0. The lowest BCUT2D eigenvalue weighted by molar-refractivity contribution is -0.134. The zero-order valence-electron chi connectivity index (χ0n) is 14.9. The van der Waals surface area contributed by atoms with E-state index < -0.39 is 0 Å². The molecule has 1 heterocycles. The summed E-state index contributed by atoms with van der Waals surface area (Å²) in [7, 11) is 3.46. The molecule has 0 radical (unpaired) electrons. The van der Waals surface area contributed by atoms with Crippen molar-refractivity contribution in [1.82, 2.24) is 9.88 Å². The lowest BCUT2D eigenvalue weighted by Gasteiger charge is -2.31. The van der Waals surface area contributed by atoms with Crippen LogP contribution in [0.3, 0.4) is 0 Å². The van der Waals surface area contributed by atoms with Gasteiger partial charge >= 0.3 is 0 Å². The summed E-state index contributed by atoms with van der Waals surface area (Å²) in [6.07, 6.45) is 2.17. The minimum absolute atomic E-state index is 0.0801. The van der Waals surface area contributed by atoms with Crippen molar-refractivity contribution in [1.29, 1.82) is 0 Å². The molecule has 128 valence electrons. The normalized spacial score (nSPS) is 12.7. The van der Waals surface area contributed by atoms with Crippen molar-refractivity contribution >= 4 is 5.91 Å². The Balaban J connectivity index is 2.15. The average molecular weight is 326 g/mol. The lowest BCUT2D eigenvalue weighted by Crippen LogP contribution is -2.37. The van der Waals surface area contributed by atoms with Gasteiger partial charge < -0.3 is 9.64 Å². The third kappa shape index (κ3) is 4.42. The molecular formula is C20H26N2O2. The van der Waals surface area contributed by atoms with Crippen LogP contribution in [-0.2, 0) is 14.9 Å². The van der Waals surface area contributed by atoms with E-state index in [1.807, 2.05) is 43.4 Å². The van der Waals surface area contributed by atoms with Gasteiger partial charge in [-0.2, -0.15) is 0 Å². The highest BCUT2D eigenvalue weighted by atomic mass is 16.5. The van der Waals surface area contributed by atoms with Crippen LogP contribution >= 0.6 is 0 Å². The molecule has 1 unspecified atom stereocenters. The second-order valence-corrected chi connectivity index (χ2v) is 6.66. The van der Waals surface area contributed by atoms with Crippen LogP contribution in [0.15, 0.2) is 54.7 Å². The van der Waals surface area contributed by atoms with Crippen LogP contribution in [0.4, 0.5) is 0 Å². The van der Waals surface area contributed by atoms with Crippen LogP contribution in [0.1, 0.15) is 37.6 Å². The maximum atomic E-state index is 12.9. The summed E-state index contributed by atoms with van der Waals surface area (Å²) < 4.78 is 5.31. The van der Waals surface area contributed by atoms with Crippen molar-refractivity contribution in [3.63, 3.8) is 0 Å². The first-order valence-electron chi connectivity index (χ1n) is 8.17. The van der Waals surface area contributed by atoms with Gasteiger partial charge in [-0.3, -0.25) is 9.78 Å².